The molecular weight excluding hydrogens is 333 g/mol. The lowest BCUT2D eigenvalue weighted by atomic mass is 10.1. The second-order valence-corrected chi connectivity index (χ2v) is 5.85. The molecule has 138 valence electrons. The lowest BCUT2D eigenvalue weighted by Gasteiger charge is -2.21. The van der Waals surface area contributed by atoms with Gasteiger partial charge in [0.2, 0.25) is 11.8 Å². The van der Waals surface area contributed by atoms with E-state index >= 15 is 0 Å². The standard InChI is InChI=1S/C20H24FN3O2/c1-3-24(4-2)18-10-8-17(9-11-18)23-20(26)14-22-19(25)13-15-6-5-7-16(21)12-15/h5-12H,3-4,13-14H2,1-2H3,(H,22,25)(H,23,26). The summed E-state index contributed by atoms with van der Waals surface area (Å²) in [6.45, 7) is 5.88. The van der Waals surface area contributed by atoms with Gasteiger partial charge >= 0.3 is 0 Å². The molecular formula is C20H24FN3O2. The van der Waals surface area contributed by atoms with Gasteiger partial charge in [0.05, 0.1) is 13.0 Å². The van der Waals surface area contributed by atoms with Crippen molar-refractivity contribution < 1.29 is 14.0 Å². The molecule has 6 heteroatoms. The zero-order chi connectivity index (χ0) is 18.9. The normalized spacial score (nSPS) is 10.3. The second kappa shape index (κ2) is 9.56. The fraction of sp³-hybridized carbons (Fsp3) is 0.300. The molecule has 0 radical (unpaired) electrons. The van der Waals surface area contributed by atoms with Gasteiger partial charge in [-0.3, -0.25) is 9.59 Å². The molecule has 2 rings (SSSR count). The highest BCUT2D eigenvalue weighted by Crippen LogP contribution is 2.17. The monoisotopic (exact) mass is 357 g/mol. The van der Waals surface area contributed by atoms with E-state index in [9.17, 15) is 14.0 Å². The fourth-order valence-electron chi connectivity index (χ4n) is 2.62. The van der Waals surface area contributed by atoms with Crippen molar-refractivity contribution in [1.82, 2.24) is 5.32 Å². The van der Waals surface area contributed by atoms with Crippen LogP contribution in [0.15, 0.2) is 48.5 Å². The van der Waals surface area contributed by atoms with Gasteiger partial charge in [-0.25, -0.2) is 4.39 Å². The molecule has 0 aliphatic carbocycles. The van der Waals surface area contributed by atoms with Crippen molar-refractivity contribution in [3.05, 3.63) is 59.9 Å². The maximum Gasteiger partial charge on any atom is 0.243 e. The molecule has 2 N–H and O–H groups in total. The lowest BCUT2D eigenvalue weighted by molar-refractivity contribution is -0.123. The summed E-state index contributed by atoms with van der Waals surface area (Å²) in [4.78, 5) is 26.0. The van der Waals surface area contributed by atoms with Crippen LogP contribution >= 0.6 is 0 Å². The van der Waals surface area contributed by atoms with Crippen LogP contribution in [0, 0.1) is 5.82 Å². The Morgan fingerprint density at radius 3 is 2.31 bits per heavy atom. The van der Waals surface area contributed by atoms with E-state index in [0.29, 0.717) is 11.3 Å². The summed E-state index contributed by atoms with van der Waals surface area (Å²) in [5.41, 5.74) is 2.33. The van der Waals surface area contributed by atoms with Gasteiger partial charge in [0.1, 0.15) is 5.82 Å². The minimum atomic E-state index is -0.388. The number of carbonyl (C=O) groups excluding carboxylic acids is 2. The van der Waals surface area contributed by atoms with E-state index in [0.717, 1.165) is 18.8 Å². The first-order valence-electron chi connectivity index (χ1n) is 8.67. The van der Waals surface area contributed by atoms with Gasteiger partial charge in [0.15, 0.2) is 0 Å². The van der Waals surface area contributed by atoms with Crippen LogP contribution in [0.2, 0.25) is 0 Å². The number of hydrogen-bond acceptors (Lipinski definition) is 3. The van der Waals surface area contributed by atoms with Gasteiger partial charge in [-0.15, -0.1) is 0 Å². The number of rotatable bonds is 8. The van der Waals surface area contributed by atoms with Crippen molar-refractivity contribution in [1.29, 1.82) is 0 Å². The van der Waals surface area contributed by atoms with Crippen molar-refractivity contribution >= 4 is 23.2 Å². The Labute approximate surface area is 153 Å². The van der Waals surface area contributed by atoms with E-state index in [2.05, 4.69) is 29.4 Å². The average molecular weight is 357 g/mol. The first kappa shape index (κ1) is 19.4. The smallest absolute Gasteiger partial charge is 0.243 e. The van der Waals surface area contributed by atoms with E-state index in [4.69, 9.17) is 0 Å². The summed E-state index contributed by atoms with van der Waals surface area (Å²) in [5.74, 6) is -1.03. The van der Waals surface area contributed by atoms with Crippen LogP contribution in [-0.4, -0.2) is 31.4 Å². The van der Waals surface area contributed by atoms with Crippen molar-refractivity contribution in [2.24, 2.45) is 0 Å². The van der Waals surface area contributed by atoms with E-state index in [1.54, 1.807) is 12.1 Å². The molecule has 2 amide bonds. The van der Waals surface area contributed by atoms with Gasteiger partial charge in [-0.2, -0.15) is 0 Å². The number of hydrogen-bond donors (Lipinski definition) is 2. The first-order chi connectivity index (χ1) is 12.5. The third-order valence-corrected chi connectivity index (χ3v) is 3.98. The van der Waals surface area contributed by atoms with Crippen molar-refractivity contribution in [2.75, 3.05) is 29.9 Å². The van der Waals surface area contributed by atoms with Crippen molar-refractivity contribution in [3.8, 4) is 0 Å². The molecule has 0 saturated carbocycles. The number of amides is 2. The maximum atomic E-state index is 13.1. The molecule has 5 nitrogen and oxygen atoms in total. The average Bonchev–Trinajstić information content (AvgIpc) is 2.62. The largest absolute Gasteiger partial charge is 0.372 e. The minimum absolute atomic E-state index is 0.0314. The third-order valence-electron chi connectivity index (χ3n) is 3.98. The number of benzene rings is 2. The molecule has 2 aromatic carbocycles. The quantitative estimate of drug-likeness (QED) is 0.764. The van der Waals surface area contributed by atoms with E-state index in [1.807, 2.05) is 24.3 Å². The lowest BCUT2D eigenvalue weighted by Crippen LogP contribution is -2.33. The molecule has 26 heavy (non-hydrogen) atoms. The summed E-state index contributed by atoms with van der Waals surface area (Å²) in [7, 11) is 0. The molecule has 0 aliphatic rings. The van der Waals surface area contributed by atoms with Crippen LogP contribution < -0.4 is 15.5 Å². The van der Waals surface area contributed by atoms with Gasteiger partial charge in [0.25, 0.3) is 0 Å². The summed E-state index contributed by atoms with van der Waals surface area (Å²) in [5, 5.41) is 5.28. The van der Waals surface area contributed by atoms with Crippen LogP contribution in [0.3, 0.4) is 0 Å². The zero-order valence-corrected chi connectivity index (χ0v) is 15.1. The van der Waals surface area contributed by atoms with Crippen LogP contribution in [0.4, 0.5) is 15.8 Å². The molecule has 0 fully saturated rings. The fourth-order valence-corrected chi connectivity index (χ4v) is 2.62. The summed E-state index contributed by atoms with van der Waals surface area (Å²) < 4.78 is 13.1. The first-order valence-corrected chi connectivity index (χ1v) is 8.67. The highest BCUT2D eigenvalue weighted by molar-refractivity contribution is 5.94. The molecule has 0 unspecified atom stereocenters. The van der Waals surface area contributed by atoms with Crippen molar-refractivity contribution in [3.63, 3.8) is 0 Å². The maximum absolute atomic E-state index is 13.1. The van der Waals surface area contributed by atoms with Crippen LogP contribution in [0.5, 0.6) is 0 Å². The Hall–Kier alpha value is -2.89. The Morgan fingerprint density at radius 1 is 1.00 bits per heavy atom. The highest BCUT2D eigenvalue weighted by Gasteiger charge is 2.08. The Balaban J connectivity index is 1.80. The van der Waals surface area contributed by atoms with Crippen LogP contribution in [-0.2, 0) is 16.0 Å². The second-order valence-electron chi connectivity index (χ2n) is 5.85. The predicted octanol–water partition coefficient (Wildman–Crippen LogP) is 2.97. The Kier molecular flexibility index (Phi) is 7.14. The van der Waals surface area contributed by atoms with Crippen LogP contribution in [0.25, 0.3) is 0 Å². The molecule has 0 heterocycles. The summed E-state index contributed by atoms with van der Waals surface area (Å²) in [6, 6.07) is 13.4. The third kappa shape index (κ3) is 5.88. The summed E-state index contributed by atoms with van der Waals surface area (Å²) >= 11 is 0. The minimum Gasteiger partial charge on any atom is -0.372 e. The molecule has 0 saturated heterocycles. The number of anilines is 2. The molecule has 0 spiro atoms. The van der Waals surface area contributed by atoms with Gasteiger partial charge in [-0.1, -0.05) is 12.1 Å². The molecule has 0 aromatic heterocycles. The van der Waals surface area contributed by atoms with E-state index in [-0.39, 0.29) is 30.6 Å². The molecule has 2 aromatic rings. The molecule has 0 bridgehead atoms. The van der Waals surface area contributed by atoms with Gasteiger partial charge in [0, 0.05) is 24.5 Å². The van der Waals surface area contributed by atoms with E-state index in [1.165, 1.54) is 12.1 Å². The van der Waals surface area contributed by atoms with Gasteiger partial charge in [-0.05, 0) is 55.8 Å². The predicted molar refractivity (Wildman–Crippen MR) is 102 cm³/mol. The molecule has 0 atom stereocenters. The topological polar surface area (TPSA) is 61.4 Å². The zero-order valence-electron chi connectivity index (χ0n) is 15.1. The number of halogens is 1. The van der Waals surface area contributed by atoms with Crippen molar-refractivity contribution in [2.45, 2.75) is 20.3 Å². The Bertz CT molecular complexity index is 743. The summed E-state index contributed by atoms with van der Waals surface area (Å²) in [6.07, 6.45) is 0.0314. The van der Waals surface area contributed by atoms with Gasteiger partial charge < -0.3 is 15.5 Å². The van der Waals surface area contributed by atoms with E-state index < -0.39 is 0 Å². The molecule has 0 aliphatic heterocycles. The van der Waals surface area contributed by atoms with Crippen LogP contribution in [0.1, 0.15) is 19.4 Å². The number of carbonyl (C=O) groups is 2. The highest BCUT2D eigenvalue weighted by atomic mass is 19.1. The number of nitrogens with zero attached hydrogens (tertiary/aromatic N) is 1. The SMILES string of the molecule is CCN(CC)c1ccc(NC(=O)CNC(=O)Cc2cccc(F)c2)cc1. The Morgan fingerprint density at radius 2 is 1.69 bits per heavy atom. The number of nitrogens with one attached hydrogen (secondary N) is 2.